The third kappa shape index (κ3) is 4.41. The summed E-state index contributed by atoms with van der Waals surface area (Å²) in [5.41, 5.74) is 3.94. The lowest BCUT2D eigenvalue weighted by Gasteiger charge is -2.16. The summed E-state index contributed by atoms with van der Waals surface area (Å²) in [4.78, 5) is 14.5. The van der Waals surface area contributed by atoms with Gasteiger partial charge in [0, 0.05) is 19.6 Å². The van der Waals surface area contributed by atoms with Crippen LogP contribution in [0.5, 0.6) is 0 Å². The average molecular weight is 328 g/mol. The minimum absolute atomic E-state index is 0.0223. The molecule has 1 aliphatic heterocycles. The van der Waals surface area contributed by atoms with E-state index in [0.29, 0.717) is 23.9 Å². The van der Waals surface area contributed by atoms with Crippen LogP contribution in [0.3, 0.4) is 0 Å². The Balaban J connectivity index is 1.41. The van der Waals surface area contributed by atoms with Crippen LogP contribution in [0.25, 0.3) is 0 Å². The van der Waals surface area contributed by atoms with Crippen molar-refractivity contribution in [2.24, 2.45) is 5.92 Å². The highest BCUT2D eigenvalue weighted by molar-refractivity contribution is 5.78. The van der Waals surface area contributed by atoms with Crippen molar-refractivity contribution in [3.8, 4) is 0 Å². The summed E-state index contributed by atoms with van der Waals surface area (Å²) < 4.78 is 4.62. The predicted octanol–water partition coefficient (Wildman–Crippen LogP) is 1.87. The first kappa shape index (κ1) is 16.6. The summed E-state index contributed by atoms with van der Waals surface area (Å²) in [6.07, 6.45) is 1.35. The highest BCUT2D eigenvalue weighted by Crippen LogP contribution is 2.18. The van der Waals surface area contributed by atoms with Crippen molar-refractivity contribution in [1.82, 2.24) is 20.5 Å². The van der Waals surface area contributed by atoms with Crippen LogP contribution in [-0.2, 0) is 17.8 Å². The zero-order valence-corrected chi connectivity index (χ0v) is 14.3. The molecular weight excluding hydrogens is 304 g/mol. The first-order valence-corrected chi connectivity index (χ1v) is 8.43. The van der Waals surface area contributed by atoms with Crippen LogP contribution >= 0.6 is 0 Å². The fraction of sp³-hybridized carbons (Fsp3) is 0.500. The molecule has 3 rings (SSSR count). The zero-order chi connectivity index (χ0) is 16.9. The molecule has 128 valence electrons. The van der Waals surface area contributed by atoms with Gasteiger partial charge in [-0.05, 0) is 38.3 Å². The van der Waals surface area contributed by atoms with Crippen molar-refractivity contribution in [3.63, 3.8) is 0 Å². The molecule has 1 amide bonds. The van der Waals surface area contributed by atoms with E-state index in [4.69, 9.17) is 0 Å². The van der Waals surface area contributed by atoms with Crippen LogP contribution in [0, 0.1) is 19.8 Å². The van der Waals surface area contributed by atoms with Gasteiger partial charge in [0.15, 0.2) is 0 Å². The van der Waals surface area contributed by atoms with E-state index in [-0.39, 0.29) is 12.3 Å². The maximum absolute atomic E-state index is 12.0. The Kier molecular flexibility index (Phi) is 5.25. The van der Waals surface area contributed by atoms with E-state index in [1.54, 1.807) is 6.92 Å². The summed E-state index contributed by atoms with van der Waals surface area (Å²) in [6, 6.07) is 8.65. The van der Waals surface area contributed by atoms with Gasteiger partial charge in [-0.3, -0.25) is 9.69 Å². The van der Waals surface area contributed by atoms with Gasteiger partial charge in [0.25, 0.3) is 0 Å². The van der Waals surface area contributed by atoms with Crippen LogP contribution in [0.15, 0.2) is 28.9 Å². The molecule has 2 heterocycles. The highest BCUT2D eigenvalue weighted by atomic mass is 16.6. The molecule has 0 spiro atoms. The van der Waals surface area contributed by atoms with Crippen molar-refractivity contribution in [2.45, 2.75) is 33.2 Å². The first-order chi connectivity index (χ1) is 11.6. The van der Waals surface area contributed by atoms with E-state index in [2.05, 4.69) is 56.3 Å². The van der Waals surface area contributed by atoms with Gasteiger partial charge < -0.3 is 5.32 Å². The lowest BCUT2D eigenvalue weighted by Crippen LogP contribution is -2.32. The Morgan fingerprint density at radius 1 is 1.38 bits per heavy atom. The Bertz CT molecular complexity index is 698. The molecule has 0 unspecified atom stereocenters. The van der Waals surface area contributed by atoms with E-state index in [1.807, 2.05) is 0 Å². The minimum Gasteiger partial charge on any atom is -0.355 e. The monoisotopic (exact) mass is 328 g/mol. The SMILES string of the molecule is Cc1cccc(CN2CC[C@@H](CNC(=O)Cc3nonc3C)C2)c1. The Morgan fingerprint density at radius 3 is 3.00 bits per heavy atom. The number of aryl methyl sites for hydroxylation is 2. The quantitative estimate of drug-likeness (QED) is 0.876. The Morgan fingerprint density at radius 2 is 2.25 bits per heavy atom. The van der Waals surface area contributed by atoms with Gasteiger partial charge in [0.1, 0.15) is 11.4 Å². The van der Waals surface area contributed by atoms with Crippen molar-refractivity contribution in [2.75, 3.05) is 19.6 Å². The number of hydrogen-bond acceptors (Lipinski definition) is 5. The fourth-order valence-electron chi connectivity index (χ4n) is 3.17. The maximum atomic E-state index is 12.0. The molecule has 0 bridgehead atoms. The maximum Gasteiger partial charge on any atom is 0.226 e. The second-order valence-electron chi connectivity index (χ2n) is 6.66. The fourth-order valence-corrected chi connectivity index (χ4v) is 3.17. The van der Waals surface area contributed by atoms with Gasteiger partial charge in [0.2, 0.25) is 5.91 Å². The van der Waals surface area contributed by atoms with Gasteiger partial charge in [-0.2, -0.15) is 0 Å². The molecule has 1 atom stereocenters. The summed E-state index contributed by atoms with van der Waals surface area (Å²) in [5, 5.41) is 10.4. The smallest absolute Gasteiger partial charge is 0.226 e. The summed E-state index contributed by atoms with van der Waals surface area (Å²) in [7, 11) is 0. The molecule has 6 nitrogen and oxygen atoms in total. The van der Waals surface area contributed by atoms with Gasteiger partial charge in [-0.15, -0.1) is 0 Å². The lowest BCUT2D eigenvalue weighted by atomic mass is 10.1. The van der Waals surface area contributed by atoms with Crippen LogP contribution in [0.4, 0.5) is 0 Å². The molecule has 1 N–H and O–H groups in total. The van der Waals surface area contributed by atoms with E-state index in [0.717, 1.165) is 26.1 Å². The van der Waals surface area contributed by atoms with E-state index in [9.17, 15) is 4.79 Å². The molecule has 24 heavy (non-hydrogen) atoms. The van der Waals surface area contributed by atoms with Crippen LogP contribution in [0.1, 0.15) is 28.9 Å². The third-order valence-electron chi connectivity index (χ3n) is 4.52. The van der Waals surface area contributed by atoms with Crippen molar-refractivity contribution in [1.29, 1.82) is 0 Å². The number of benzene rings is 1. The summed E-state index contributed by atoms with van der Waals surface area (Å²) >= 11 is 0. The van der Waals surface area contributed by atoms with Crippen LogP contribution in [-0.4, -0.2) is 40.8 Å². The largest absolute Gasteiger partial charge is 0.355 e. The number of aromatic nitrogens is 2. The first-order valence-electron chi connectivity index (χ1n) is 8.43. The lowest BCUT2D eigenvalue weighted by molar-refractivity contribution is -0.120. The molecule has 1 fully saturated rings. The Hall–Kier alpha value is -2.21. The molecule has 0 radical (unpaired) electrons. The highest BCUT2D eigenvalue weighted by Gasteiger charge is 2.23. The molecule has 1 aliphatic rings. The van der Waals surface area contributed by atoms with Gasteiger partial charge in [-0.25, -0.2) is 4.63 Å². The second-order valence-corrected chi connectivity index (χ2v) is 6.66. The van der Waals surface area contributed by atoms with Crippen molar-refractivity contribution in [3.05, 3.63) is 46.8 Å². The van der Waals surface area contributed by atoms with Gasteiger partial charge in [0.05, 0.1) is 6.42 Å². The van der Waals surface area contributed by atoms with Crippen molar-refractivity contribution >= 4 is 5.91 Å². The second kappa shape index (κ2) is 7.57. The minimum atomic E-state index is -0.0223. The van der Waals surface area contributed by atoms with Gasteiger partial charge in [-0.1, -0.05) is 40.1 Å². The number of nitrogens with zero attached hydrogens (tertiary/aromatic N) is 3. The normalized spacial score (nSPS) is 18.0. The van der Waals surface area contributed by atoms with Crippen molar-refractivity contribution < 1.29 is 9.42 Å². The molecule has 1 aromatic carbocycles. The standard InChI is InChI=1S/C18H24N4O2/c1-13-4-3-5-15(8-13)11-22-7-6-16(12-22)10-19-18(23)9-17-14(2)20-24-21-17/h3-5,8,16H,6-7,9-12H2,1-2H3,(H,19,23)/t16-/m0/s1. The molecule has 0 saturated carbocycles. The van der Waals surface area contributed by atoms with Crippen LogP contribution in [0.2, 0.25) is 0 Å². The predicted molar refractivity (Wildman–Crippen MR) is 90.3 cm³/mol. The van der Waals surface area contributed by atoms with E-state index in [1.165, 1.54) is 11.1 Å². The number of carbonyl (C=O) groups excluding carboxylic acids is 1. The molecule has 0 aliphatic carbocycles. The molecule has 1 aromatic heterocycles. The van der Waals surface area contributed by atoms with Crippen LogP contribution < -0.4 is 5.32 Å². The van der Waals surface area contributed by atoms with Gasteiger partial charge >= 0.3 is 0 Å². The number of rotatable bonds is 6. The number of amides is 1. The zero-order valence-electron chi connectivity index (χ0n) is 14.3. The number of nitrogens with one attached hydrogen (secondary N) is 1. The molecule has 2 aromatic rings. The summed E-state index contributed by atoms with van der Waals surface area (Å²) in [5.74, 6) is 0.487. The number of carbonyl (C=O) groups is 1. The van der Waals surface area contributed by atoms with E-state index < -0.39 is 0 Å². The average Bonchev–Trinajstić information content (AvgIpc) is 3.15. The molecule has 1 saturated heterocycles. The Labute approximate surface area is 142 Å². The van der Waals surface area contributed by atoms with E-state index >= 15 is 0 Å². The topological polar surface area (TPSA) is 71.3 Å². The molecule has 6 heteroatoms. The third-order valence-corrected chi connectivity index (χ3v) is 4.52. The number of hydrogen-bond donors (Lipinski definition) is 1. The summed E-state index contributed by atoms with van der Waals surface area (Å²) in [6.45, 7) is 7.72. The number of likely N-dealkylation sites (tertiary alicyclic amines) is 1. The molecular formula is C18H24N4O2.